The lowest BCUT2D eigenvalue weighted by molar-refractivity contribution is -0.0445. The Morgan fingerprint density at radius 1 is 1.27 bits per heavy atom. The number of nitrogens with zero attached hydrogens (tertiary/aromatic N) is 2. The van der Waals surface area contributed by atoms with Gasteiger partial charge < -0.3 is 19.4 Å². The van der Waals surface area contributed by atoms with Crippen molar-refractivity contribution in [3.63, 3.8) is 0 Å². The van der Waals surface area contributed by atoms with Crippen LogP contribution in [0.25, 0.3) is 0 Å². The fourth-order valence-corrected chi connectivity index (χ4v) is 2.81. The van der Waals surface area contributed by atoms with Gasteiger partial charge in [-0.1, -0.05) is 27.2 Å². The standard InChI is InChI=1S/C19H21BrN2O4/c1-19(2,3)26-22-17(14-11-12(20)6-7-15(14)23)16-13(5-4-8-21-16)18-24-9-10-25-18/h4-8,11,18,23H,9-10H2,1-3H3/b22-17-. The minimum Gasteiger partial charge on any atom is -0.507 e. The Balaban J connectivity index is 2.14. The summed E-state index contributed by atoms with van der Waals surface area (Å²) in [6.45, 7) is 6.74. The van der Waals surface area contributed by atoms with Crippen LogP contribution in [0.15, 0.2) is 46.2 Å². The van der Waals surface area contributed by atoms with E-state index in [0.717, 1.165) is 10.0 Å². The summed E-state index contributed by atoms with van der Waals surface area (Å²) in [5.41, 5.74) is 1.69. The van der Waals surface area contributed by atoms with Crippen molar-refractivity contribution in [2.24, 2.45) is 5.16 Å². The Labute approximate surface area is 160 Å². The van der Waals surface area contributed by atoms with E-state index in [1.54, 1.807) is 24.4 Å². The molecule has 1 aromatic heterocycles. The van der Waals surface area contributed by atoms with Crippen LogP contribution in [0, 0.1) is 0 Å². The molecular weight excluding hydrogens is 400 g/mol. The number of aromatic nitrogens is 1. The molecule has 0 aliphatic carbocycles. The summed E-state index contributed by atoms with van der Waals surface area (Å²) in [7, 11) is 0. The Morgan fingerprint density at radius 3 is 2.69 bits per heavy atom. The Kier molecular flexibility index (Phi) is 5.60. The summed E-state index contributed by atoms with van der Waals surface area (Å²) in [5.74, 6) is 0.0781. The van der Waals surface area contributed by atoms with E-state index >= 15 is 0 Å². The molecule has 0 amide bonds. The highest BCUT2D eigenvalue weighted by atomic mass is 79.9. The molecule has 1 saturated heterocycles. The second kappa shape index (κ2) is 7.73. The van der Waals surface area contributed by atoms with Crippen LogP contribution in [0.1, 0.15) is 43.9 Å². The first-order valence-electron chi connectivity index (χ1n) is 8.29. The topological polar surface area (TPSA) is 73.2 Å². The van der Waals surface area contributed by atoms with Gasteiger partial charge in [0, 0.05) is 21.8 Å². The normalized spacial score (nSPS) is 16.1. The predicted octanol–water partition coefficient (Wildman–Crippen LogP) is 4.16. The molecule has 7 heteroatoms. The molecule has 1 N–H and O–H groups in total. The molecule has 2 aromatic rings. The summed E-state index contributed by atoms with van der Waals surface area (Å²) < 4.78 is 12.1. The highest BCUT2D eigenvalue weighted by Gasteiger charge is 2.27. The molecule has 0 spiro atoms. The third-order valence-electron chi connectivity index (χ3n) is 3.56. The zero-order valence-corrected chi connectivity index (χ0v) is 16.5. The van der Waals surface area contributed by atoms with Gasteiger partial charge in [0.05, 0.1) is 13.2 Å². The molecular formula is C19H21BrN2O4. The van der Waals surface area contributed by atoms with Crippen molar-refractivity contribution in [3.05, 3.63) is 57.8 Å². The zero-order chi connectivity index (χ0) is 18.7. The molecule has 0 radical (unpaired) electrons. The molecule has 6 nitrogen and oxygen atoms in total. The lowest BCUT2D eigenvalue weighted by Crippen LogP contribution is -2.19. The maximum absolute atomic E-state index is 10.4. The van der Waals surface area contributed by atoms with E-state index in [0.29, 0.717) is 30.2 Å². The quantitative estimate of drug-likeness (QED) is 0.593. The van der Waals surface area contributed by atoms with Crippen LogP contribution >= 0.6 is 15.9 Å². The van der Waals surface area contributed by atoms with E-state index in [9.17, 15) is 5.11 Å². The zero-order valence-electron chi connectivity index (χ0n) is 14.9. The van der Waals surface area contributed by atoms with Gasteiger partial charge in [-0.25, -0.2) is 0 Å². The summed E-state index contributed by atoms with van der Waals surface area (Å²) in [4.78, 5) is 10.1. The Hall–Kier alpha value is -1.96. The van der Waals surface area contributed by atoms with Gasteiger partial charge in [-0.2, -0.15) is 0 Å². The SMILES string of the molecule is CC(C)(C)O/N=C(/c1cc(Br)ccc1O)c1ncccc1C1OCCO1. The number of hydrogen-bond donors (Lipinski definition) is 1. The van der Waals surface area contributed by atoms with Crippen molar-refractivity contribution >= 4 is 21.6 Å². The highest BCUT2D eigenvalue weighted by molar-refractivity contribution is 9.10. The van der Waals surface area contributed by atoms with E-state index < -0.39 is 11.9 Å². The van der Waals surface area contributed by atoms with Crippen molar-refractivity contribution in [3.8, 4) is 5.75 Å². The number of pyridine rings is 1. The lowest BCUT2D eigenvalue weighted by Gasteiger charge is -2.19. The lowest BCUT2D eigenvalue weighted by atomic mass is 10.0. The minimum atomic E-state index is -0.521. The first kappa shape index (κ1) is 18.8. The summed E-state index contributed by atoms with van der Waals surface area (Å²) >= 11 is 3.44. The fourth-order valence-electron chi connectivity index (χ4n) is 2.44. The summed E-state index contributed by atoms with van der Waals surface area (Å²) in [6.07, 6.45) is 1.14. The molecule has 0 bridgehead atoms. The third kappa shape index (κ3) is 4.41. The Bertz CT molecular complexity index is 811. The van der Waals surface area contributed by atoms with Gasteiger partial charge in [0.15, 0.2) is 6.29 Å². The highest BCUT2D eigenvalue weighted by Crippen LogP contribution is 2.30. The molecule has 3 rings (SSSR count). The number of oxime groups is 1. The number of hydrogen-bond acceptors (Lipinski definition) is 6. The number of phenols is 1. The predicted molar refractivity (Wildman–Crippen MR) is 101 cm³/mol. The molecule has 2 heterocycles. The fraction of sp³-hybridized carbons (Fsp3) is 0.368. The van der Waals surface area contributed by atoms with Gasteiger partial charge in [-0.3, -0.25) is 4.98 Å². The molecule has 1 aliphatic heterocycles. The van der Waals surface area contributed by atoms with E-state index in [1.165, 1.54) is 0 Å². The number of ether oxygens (including phenoxy) is 2. The van der Waals surface area contributed by atoms with Crippen molar-refractivity contribution in [2.75, 3.05) is 13.2 Å². The first-order valence-corrected chi connectivity index (χ1v) is 9.08. The first-order chi connectivity index (χ1) is 12.3. The average Bonchev–Trinajstić information content (AvgIpc) is 3.12. The van der Waals surface area contributed by atoms with E-state index in [2.05, 4.69) is 26.1 Å². The second-order valence-corrected chi connectivity index (χ2v) is 7.74. The van der Waals surface area contributed by atoms with E-state index in [4.69, 9.17) is 14.3 Å². The maximum Gasteiger partial charge on any atom is 0.186 e. The largest absolute Gasteiger partial charge is 0.507 e. The molecule has 0 saturated carbocycles. The molecule has 1 fully saturated rings. The van der Waals surface area contributed by atoms with Gasteiger partial charge in [0.2, 0.25) is 0 Å². The van der Waals surface area contributed by atoms with Crippen molar-refractivity contribution in [1.82, 2.24) is 4.98 Å². The van der Waals surface area contributed by atoms with Crippen molar-refractivity contribution < 1.29 is 19.4 Å². The average molecular weight is 421 g/mol. The molecule has 26 heavy (non-hydrogen) atoms. The van der Waals surface area contributed by atoms with Crippen LogP contribution in [-0.4, -0.2) is 34.6 Å². The molecule has 1 aromatic carbocycles. The van der Waals surface area contributed by atoms with E-state index in [-0.39, 0.29) is 5.75 Å². The van der Waals surface area contributed by atoms with Crippen LogP contribution in [0.4, 0.5) is 0 Å². The monoisotopic (exact) mass is 420 g/mol. The van der Waals surface area contributed by atoms with Gasteiger partial charge >= 0.3 is 0 Å². The maximum atomic E-state index is 10.4. The van der Waals surface area contributed by atoms with Crippen molar-refractivity contribution in [1.29, 1.82) is 0 Å². The van der Waals surface area contributed by atoms with Gasteiger partial charge in [0.25, 0.3) is 0 Å². The smallest absolute Gasteiger partial charge is 0.186 e. The van der Waals surface area contributed by atoms with Gasteiger partial charge in [-0.05, 0) is 45.0 Å². The molecule has 0 unspecified atom stereocenters. The van der Waals surface area contributed by atoms with Crippen LogP contribution < -0.4 is 0 Å². The van der Waals surface area contributed by atoms with Crippen LogP contribution in [-0.2, 0) is 14.3 Å². The second-order valence-electron chi connectivity index (χ2n) is 6.82. The number of benzene rings is 1. The number of rotatable bonds is 4. The van der Waals surface area contributed by atoms with Crippen LogP contribution in [0.5, 0.6) is 5.75 Å². The van der Waals surface area contributed by atoms with Crippen LogP contribution in [0.2, 0.25) is 0 Å². The Morgan fingerprint density at radius 2 is 2.00 bits per heavy atom. The van der Waals surface area contributed by atoms with Gasteiger partial charge in [0.1, 0.15) is 22.8 Å². The number of aromatic hydroxyl groups is 1. The molecule has 0 atom stereocenters. The summed E-state index contributed by atoms with van der Waals surface area (Å²) in [5, 5.41) is 14.7. The van der Waals surface area contributed by atoms with Crippen LogP contribution in [0.3, 0.4) is 0 Å². The van der Waals surface area contributed by atoms with Crippen molar-refractivity contribution in [2.45, 2.75) is 32.7 Å². The minimum absolute atomic E-state index is 0.0781. The van der Waals surface area contributed by atoms with Gasteiger partial charge in [-0.15, -0.1) is 0 Å². The number of halogens is 1. The third-order valence-corrected chi connectivity index (χ3v) is 4.06. The molecule has 138 valence electrons. The summed E-state index contributed by atoms with van der Waals surface area (Å²) in [6, 6.07) is 8.81. The van der Waals surface area contributed by atoms with E-state index in [1.807, 2.05) is 32.9 Å². The molecule has 1 aliphatic rings. The number of phenolic OH excluding ortho intramolecular Hbond substituents is 1.